The number of unbranched alkanes of at least 4 members (excludes halogenated alkanes) is 30. The summed E-state index contributed by atoms with van der Waals surface area (Å²) < 4.78 is 35.4. The van der Waals surface area contributed by atoms with Crippen molar-refractivity contribution in [3.63, 3.8) is 0 Å². The van der Waals surface area contributed by atoms with Gasteiger partial charge >= 0.3 is 5.97 Å². The second kappa shape index (κ2) is 37.8. The molecule has 4 aliphatic heterocycles. The molecule has 0 bridgehead atoms. The zero-order chi connectivity index (χ0) is 56.1. The first-order valence-electron chi connectivity index (χ1n) is 31.0. The van der Waals surface area contributed by atoms with Crippen LogP contribution in [0.25, 0.3) is 0 Å². The number of esters is 1. The molecule has 0 aliphatic carbocycles. The first-order chi connectivity index (χ1) is 37.2. The quantitative estimate of drug-likeness (QED) is 0.0269. The summed E-state index contributed by atoms with van der Waals surface area (Å²) in [6.07, 6.45) is 24.4. The number of rotatable bonds is 43. The fraction of sp³-hybridized carbons (Fsp3) is 0.983. The molecule has 4 aliphatic rings. The number of carbonyl (C=O) groups is 1. The minimum Gasteiger partial charge on any atom is -0.427 e. The van der Waals surface area contributed by atoms with Gasteiger partial charge in [0.05, 0.1) is 44.4 Å². The lowest BCUT2D eigenvalue weighted by Gasteiger charge is -2.59. The molecule has 14 N–H and O–H groups in total. The Morgan fingerprint density at radius 1 is 0.532 bits per heavy atom. The lowest BCUT2D eigenvalue weighted by molar-refractivity contribution is -0.436. The fourth-order valence-corrected chi connectivity index (χ4v) is 12.1. The monoisotopic (exact) mass is 1100 g/mol. The number of hydrogen-bond acceptors (Lipinski definition) is 19. The smallest absolute Gasteiger partial charge is 0.308 e. The van der Waals surface area contributed by atoms with Crippen molar-refractivity contribution in [3.05, 3.63) is 0 Å². The molecule has 77 heavy (non-hydrogen) atoms. The van der Waals surface area contributed by atoms with Crippen LogP contribution in [0.4, 0.5) is 0 Å². The highest BCUT2D eigenvalue weighted by Crippen LogP contribution is 2.49. The van der Waals surface area contributed by atoms with Gasteiger partial charge in [-0.05, 0) is 25.9 Å². The molecule has 3 unspecified atom stereocenters. The Bertz CT molecular complexity index is 1490. The van der Waals surface area contributed by atoms with Crippen molar-refractivity contribution >= 4 is 5.97 Å². The maximum Gasteiger partial charge on any atom is 0.308 e. The van der Waals surface area contributed by atoms with Crippen molar-refractivity contribution in [1.29, 1.82) is 0 Å². The summed E-state index contributed by atoms with van der Waals surface area (Å²) in [6, 6.07) is -4.38. The van der Waals surface area contributed by atoms with Gasteiger partial charge in [0.15, 0.2) is 24.5 Å². The van der Waals surface area contributed by atoms with Gasteiger partial charge in [0.1, 0.15) is 42.7 Å². The standard InChI is InChI=1S/C58H112N4O15/c1-3-5-7-9-11-13-15-17-19-21-23-25-27-29-31-33-35-62(36-34-32-30-28-26-24-22-20-18-16-14-12-10-8-6-4-2)38-42-37-45(66)76-58(71)53(69)48(61)56(77-57(42,58)41-65)75-52-44(40-64)73-55(47(60)50(52)68)74-51-43(39-63)72-54(70)46(59)49(51)67/h42-44,46-56,63-65,67-71H,3-41,59-61H2,1-2H3/t42?,43-,44-,46-,47-,48-,49-,50-,51?,52?,53-,54-,55+,56+,57+,58+/m1/s1. The van der Waals surface area contributed by atoms with Crippen LogP contribution in [0, 0.1) is 5.92 Å². The Hall–Kier alpha value is -1.21. The maximum absolute atomic E-state index is 13.4. The van der Waals surface area contributed by atoms with Crippen LogP contribution in [0.3, 0.4) is 0 Å². The summed E-state index contributed by atoms with van der Waals surface area (Å²) in [5, 5.41) is 88.3. The van der Waals surface area contributed by atoms with Crippen LogP contribution in [0.15, 0.2) is 0 Å². The van der Waals surface area contributed by atoms with Gasteiger partial charge < -0.3 is 91.4 Å². The third-order valence-electron chi connectivity index (χ3n) is 17.1. The van der Waals surface area contributed by atoms with E-state index < -0.39 is 123 Å². The van der Waals surface area contributed by atoms with Crippen LogP contribution in [0.2, 0.25) is 0 Å². The zero-order valence-electron chi connectivity index (χ0n) is 47.8. The van der Waals surface area contributed by atoms with E-state index in [0.717, 1.165) is 38.5 Å². The van der Waals surface area contributed by atoms with Crippen LogP contribution >= 0.6 is 0 Å². The lowest BCUT2D eigenvalue weighted by Crippen LogP contribution is -2.81. The highest BCUT2D eigenvalue weighted by molar-refractivity contribution is 5.72. The molecule has 19 nitrogen and oxygen atoms in total. The molecule has 4 heterocycles. The Kier molecular flexibility index (Phi) is 33.5. The number of aliphatic hydroxyl groups excluding tert-OH is 7. The van der Waals surface area contributed by atoms with Crippen molar-refractivity contribution < 1.29 is 74.1 Å². The van der Waals surface area contributed by atoms with Crippen molar-refractivity contribution in [3.8, 4) is 0 Å². The number of aliphatic hydroxyl groups is 8. The van der Waals surface area contributed by atoms with Crippen LogP contribution in [-0.2, 0) is 33.2 Å². The molecule has 0 aromatic carbocycles. The van der Waals surface area contributed by atoms with Crippen molar-refractivity contribution in [1.82, 2.24) is 4.90 Å². The molecule has 4 rings (SSSR count). The van der Waals surface area contributed by atoms with Crippen molar-refractivity contribution in [2.45, 2.75) is 317 Å². The van der Waals surface area contributed by atoms with E-state index >= 15 is 0 Å². The molecule has 19 heteroatoms. The normalized spacial score (nSPS) is 33.7. The first-order valence-corrected chi connectivity index (χ1v) is 31.0. The SMILES string of the molecule is CCCCCCCCCCCCCCCCCCN(CCCCCCCCCCCCCCCCCC)CC1CC(=O)O[C@@]2(O)[C@H](O)[C@@H](N)[C@@H](OC3[C@@H](CO)O[C@@H](OC4[C@@H](CO)O[C@@H](O)[C@H](N)[C@H]4O)[C@H](N)[C@H]3O)O[C@@]12CO. The highest BCUT2D eigenvalue weighted by atomic mass is 16.8. The first kappa shape index (κ1) is 68.3. The number of nitrogens with zero attached hydrogens (tertiary/aromatic N) is 1. The number of carbonyl (C=O) groups excluding carboxylic acids is 1. The van der Waals surface area contributed by atoms with E-state index in [9.17, 15) is 45.6 Å². The van der Waals surface area contributed by atoms with Crippen LogP contribution in [0.1, 0.15) is 226 Å². The number of nitrogens with two attached hydrogens (primary N) is 3. The van der Waals surface area contributed by atoms with Gasteiger partial charge in [-0.1, -0.05) is 206 Å². The predicted molar refractivity (Wildman–Crippen MR) is 295 cm³/mol. The van der Waals surface area contributed by atoms with Crippen molar-refractivity contribution in [2.75, 3.05) is 39.5 Å². The summed E-state index contributed by atoms with van der Waals surface area (Å²) in [4.78, 5) is 15.7. The minimum atomic E-state index is -2.79. The van der Waals surface area contributed by atoms with E-state index in [1.54, 1.807) is 0 Å². The number of hydrogen-bond donors (Lipinski definition) is 11. The Morgan fingerprint density at radius 3 is 1.31 bits per heavy atom. The van der Waals surface area contributed by atoms with Crippen LogP contribution < -0.4 is 17.2 Å². The molecule has 454 valence electrons. The van der Waals surface area contributed by atoms with Gasteiger partial charge in [-0.2, -0.15) is 0 Å². The highest BCUT2D eigenvalue weighted by Gasteiger charge is 2.72. The maximum atomic E-state index is 13.4. The van der Waals surface area contributed by atoms with Crippen LogP contribution in [0.5, 0.6) is 0 Å². The Labute approximate surface area is 462 Å². The molecule has 4 saturated heterocycles. The summed E-state index contributed by atoms with van der Waals surface area (Å²) in [5.41, 5.74) is 16.7. The average Bonchev–Trinajstić information content (AvgIpc) is 3.42. The molecule has 0 saturated carbocycles. The largest absolute Gasteiger partial charge is 0.427 e. The molecule has 16 atom stereocenters. The summed E-state index contributed by atoms with van der Waals surface area (Å²) in [5.74, 6) is -4.49. The summed E-state index contributed by atoms with van der Waals surface area (Å²) >= 11 is 0. The number of fused-ring (bicyclic) bond motifs is 1. The molecule has 0 aromatic rings. The van der Waals surface area contributed by atoms with E-state index in [4.69, 9.17) is 45.6 Å². The third kappa shape index (κ3) is 21.2. The zero-order valence-corrected chi connectivity index (χ0v) is 47.8. The van der Waals surface area contributed by atoms with Gasteiger partial charge in [0.2, 0.25) is 0 Å². The van der Waals surface area contributed by atoms with Gasteiger partial charge in [-0.15, -0.1) is 0 Å². The molecule has 4 fully saturated rings. The topological polar surface area (TPSA) is 316 Å². The van der Waals surface area contributed by atoms with Gasteiger partial charge in [0, 0.05) is 12.5 Å². The van der Waals surface area contributed by atoms with E-state index in [1.165, 1.54) is 167 Å². The van der Waals surface area contributed by atoms with E-state index in [2.05, 4.69) is 18.7 Å². The third-order valence-corrected chi connectivity index (χ3v) is 17.1. The van der Waals surface area contributed by atoms with Crippen molar-refractivity contribution in [2.24, 2.45) is 23.1 Å². The lowest BCUT2D eigenvalue weighted by atomic mass is 9.70. The van der Waals surface area contributed by atoms with E-state index in [0.29, 0.717) is 13.1 Å². The minimum absolute atomic E-state index is 0.217. The summed E-state index contributed by atoms with van der Waals surface area (Å²) in [6.45, 7) is 3.80. The number of ether oxygens (including phenoxy) is 6. The molecular formula is C58H112N4O15. The predicted octanol–water partition coefficient (Wildman–Crippen LogP) is 5.41. The second-order valence-electron chi connectivity index (χ2n) is 23.3. The molecule has 0 amide bonds. The average molecular weight is 1110 g/mol. The van der Waals surface area contributed by atoms with Gasteiger partial charge in [-0.25, -0.2) is 0 Å². The van der Waals surface area contributed by atoms with E-state index in [-0.39, 0.29) is 13.0 Å². The molecule has 0 aromatic heterocycles. The Morgan fingerprint density at radius 2 is 0.909 bits per heavy atom. The van der Waals surface area contributed by atoms with Gasteiger partial charge in [0.25, 0.3) is 5.79 Å². The molecular weight excluding hydrogens is 993 g/mol. The van der Waals surface area contributed by atoms with Gasteiger partial charge in [-0.3, -0.25) is 4.79 Å². The molecule has 0 radical (unpaired) electrons. The Balaban J connectivity index is 1.36. The van der Waals surface area contributed by atoms with Crippen LogP contribution in [-0.4, -0.2) is 182 Å². The fourth-order valence-electron chi connectivity index (χ4n) is 12.1. The van der Waals surface area contributed by atoms with E-state index in [1.807, 2.05) is 0 Å². The second-order valence-corrected chi connectivity index (χ2v) is 23.3. The molecule has 0 spiro atoms. The summed E-state index contributed by atoms with van der Waals surface area (Å²) in [7, 11) is 0.